The van der Waals surface area contributed by atoms with Crippen molar-refractivity contribution in [2.24, 2.45) is 11.7 Å². The molecule has 0 aliphatic heterocycles. The van der Waals surface area contributed by atoms with Crippen LogP contribution in [0.2, 0.25) is 0 Å². The topological polar surface area (TPSA) is 26.0 Å². The predicted molar refractivity (Wildman–Crippen MR) is 60.2 cm³/mol. The van der Waals surface area contributed by atoms with Crippen molar-refractivity contribution in [1.82, 2.24) is 0 Å². The lowest BCUT2D eigenvalue weighted by atomic mass is 9.91. The Kier molecular flexibility index (Phi) is 5.16. The molecule has 1 fully saturated rings. The van der Waals surface area contributed by atoms with Crippen LogP contribution in [0.15, 0.2) is 10.0 Å². The Labute approximate surface area is 87.3 Å². The van der Waals surface area contributed by atoms with Gasteiger partial charge in [-0.3, -0.25) is 0 Å². The van der Waals surface area contributed by atoms with E-state index in [2.05, 4.69) is 15.9 Å². The summed E-state index contributed by atoms with van der Waals surface area (Å²) in [5.74, 6) is 2.16. The van der Waals surface area contributed by atoms with Gasteiger partial charge in [-0.25, -0.2) is 0 Å². The van der Waals surface area contributed by atoms with Crippen LogP contribution in [-0.2, 0) is 0 Å². The fraction of sp³-hybridized carbons (Fsp3) is 0.778. The molecule has 1 saturated carbocycles. The zero-order valence-electron chi connectivity index (χ0n) is 7.26. The Morgan fingerprint density at radius 3 is 2.67 bits per heavy atom. The molecule has 1 rings (SSSR count). The highest BCUT2D eigenvalue weighted by molar-refractivity contribution is 9.14. The van der Waals surface area contributed by atoms with Crippen LogP contribution in [0, 0.1) is 5.92 Å². The Hall–Kier alpha value is 0.370. The van der Waals surface area contributed by atoms with Crippen LogP contribution in [0.25, 0.3) is 0 Å². The highest BCUT2D eigenvalue weighted by atomic mass is 79.9. The van der Waals surface area contributed by atoms with Crippen LogP contribution in [0.4, 0.5) is 0 Å². The molecule has 0 aromatic rings. The molecule has 0 aromatic carbocycles. The molecular formula is C9H16BrNS. The SMILES string of the molecule is N/C=C(/Br)SCC1CCCCC1. The van der Waals surface area contributed by atoms with Crippen molar-refractivity contribution in [3.63, 3.8) is 0 Å². The second kappa shape index (κ2) is 5.92. The first-order valence-corrected chi connectivity index (χ1v) is 6.31. The van der Waals surface area contributed by atoms with Crippen LogP contribution in [-0.4, -0.2) is 5.75 Å². The van der Waals surface area contributed by atoms with E-state index in [1.165, 1.54) is 37.9 Å². The Morgan fingerprint density at radius 2 is 2.08 bits per heavy atom. The van der Waals surface area contributed by atoms with Gasteiger partial charge >= 0.3 is 0 Å². The van der Waals surface area contributed by atoms with Gasteiger partial charge in [-0.1, -0.05) is 19.3 Å². The monoisotopic (exact) mass is 249 g/mol. The fourth-order valence-electron chi connectivity index (χ4n) is 1.60. The van der Waals surface area contributed by atoms with E-state index in [1.54, 1.807) is 6.20 Å². The van der Waals surface area contributed by atoms with Crippen molar-refractivity contribution in [2.75, 3.05) is 5.75 Å². The van der Waals surface area contributed by atoms with E-state index in [4.69, 9.17) is 5.73 Å². The van der Waals surface area contributed by atoms with Gasteiger partial charge in [0.15, 0.2) is 0 Å². The third kappa shape index (κ3) is 3.85. The van der Waals surface area contributed by atoms with E-state index < -0.39 is 0 Å². The number of rotatable bonds is 3. The third-order valence-electron chi connectivity index (χ3n) is 2.31. The Balaban J connectivity index is 2.13. The van der Waals surface area contributed by atoms with E-state index in [0.717, 1.165) is 9.73 Å². The molecule has 70 valence electrons. The molecule has 3 heteroatoms. The molecular weight excluding hydrogens is 234 g/mol. The molecule has 0 aromatic heterocycles. The van der Waals surface area contributed by atoms with Gasteiger partial charge in [-0.05, 0) is 34.7 Å². The highest BCUT2D eigenvalue weighted by Gasteiger charge is 2.13. The molecule has 0 atom stereocenters. The minimum Gasteiger partial charge on any atom is -0.403 e. The van der Waals surface area contributed by atoms with Crippen LogP contribution < -0.4 is 5.73 Å². The molecule has 0 amide bonds. The van der Waals surface area contributed by atoms with Crippen LogP contribution in [0.5, 0.6) is 0 Å². The van der Waals surface area contributed by atoms with Gasteiger partial charge < -0.3 is 5.73 Å². The minimum atomic E-state index is 0.927. The molecule has 0 heterocycles. The summed E-state index contributed by atoms with van der Waals surface area (Å²) in [5.41, 5.74) is 5.36. The molecule has 1 aliphatic carbocycles. The lowest BCUT2D eigenvalue weighted by Gasteiger charge is -2.20. The Morgan fingerprint density at radius 1 is 1.42 bits per heavy atom. The zero-order valence-corrected chi connectivity index (χ0v) is 9.66. The Bertz CT molecular complexity index is 153. The first-order chi connectivity index (χ1) is 5.83. The van der Waals surface area contributed by atoms with Crippen LogP contribution >= 0.6 is 27.7 Å². The normalized spacial score (nSPS) is 21.2. The largest absolute Gasteiger partial charge is 0.403 e. The maximum atomic E-state index is 5.36. The van der Waals surface area contributed by atoms with Crippen molar-refractivity contribution in [3.05, 3.63) is 10.0 Å². The van der Waals surface area contributed by atoms with Gasteiger partial charge in [0.05, 0.1) is 3.81 Å². The van der Waals surface area contributed by atoms with E-state index in [1.807, 2.05) is 11.8 Å². The van der Waals surface area contributed by atoms with Crippen molar-refractivity contribution in [3.8, 4) is 0 Å². The van der Waals surface area contributed by atoms with Crippen molar-refractivity contribution >= 4 is 27.7 Å². The first kappa shape index (κ1) is 10.5. The average molecular weight is 250 g/mol. The summed E-state index contributed by atoms with van der Waals surface area (Å²) in [4.78, 5) is 0. The smallest absolute Gasteiger partial charge is 0.0658 e. The number of hydrogen-bond acceptors (Lipinski definition) is 2. The predicted octanol–water partition coefficient (Wildman–Crippen LogP) is 3.45. The van der Waals surface area contributed by atoms with E-state index in [9.17, 15) is 0 Å². The second-order valence-corrected chi connectivity index (χ2v) is 5.73. The van der Waals surface area contributed by atoms with Gasteiger partial charge in [0, 0.05) is 12.0 Å². The van der Waals surface area contributed by atoms with E-state index in [-0.39, 0.29) is 0 Å². The molecule has 1 nitrogen and oxygen atoms in total. The third-order valence-corrected chi connectivity index (χ3v) is 4.31. The highest BCUT2D eigenvalue weighted by Crippen LogP contribution is 2.30. The fourth-order valence-corrected chi connectivity index (χ4v) is 2.82. The van der Waals surface area contributed by atoms with Gasteiger partial charge in [0.2, 0.25) is 0 Å². The summed E-state index contributed by atoms with van der Waals surface area (Å²) in [6, 6.07) is 0. The maximum absolute atomic E-state index is 5.36. The minimum absolute atomic E-state index is 0.927. The summed E-state index contributed by atoms with van der Waals surface area (Å²) >= 11 is 5.24. The van der Waals surface area contributed by atoms with E-state index >= 15 is 0 Å². The van der Waals surface area contributed by atoms with Gasteiger partial charge in [0.25, 0.3) is 0 Å². The number of nitrogens with two attached hydrogens (primary N) is 1. The molecule has 12 heavy (non-hydrogen) atoms. The van der Waals surface area contributed by atoms with Crippen LogP contribution in [0.3, 0.4) is 0 Å². The molecule has 0 bridgehead atoms. The first-order valence-electron chi connectivity index (χ1n) is 4.53. The van der Waals surface area contributed by atoms with Crippen LogP contribution in [0.1, 0.15) is 32.1 Å². The van der Waals surface area contributed by atoms with Gasteiger partial charge in [-0.2, -0.15) is 0 Å². The summed E-state index contributed by atoms with van der Waals surface area (Å²) in [6.07, 6.45) is 8.75. The van der Waals surface area contributed by atoms with Crippen molar-refractivity contribution in [1.29, 1.82) is 0 Å². The number of hydrogen-bond donors (Lipinski definition) is 1. The standard InChI is InChI=1S/C9H16BrNS/c10-9(6-11)12-7-8-4-2-1-3-5-8/h6,8H,1-5,7,11H2/b9-6-. The molecule has 0 unspecified atom stereocenters. The summed E-state index contributed by atoms with van der Waals surface area (Å²) < 4.78 is 1.08. The molecule has 0 saturated heterocycles. The van der Waals surface area contributed by atoms with Gasteiger partial charge in [-0.15, -0.1) is 11.8 Å². The lowest BCUT2D eigenvalue weighted by Crippen LogP contribution is -2.08. The quantitative estimate of drug-likeness (QED) is 0.830. The van der Waals surface area contributed by atoms with Gasteiger partial charge in [0.1, 0.15) is 0 Å². The zero-order chi connectivity index (χ0) is 8.81. The number of thioether (sulfide) groups is 1. The summed E-state index contributed by atoms with van der Waals surface area (Å²) in [7, 11) is 0. The lowest BCUT2D eigenvalue weighted by molar-refractivity contribution is 0.391. The number of halogens is 1. The molecule has 1 aliphatic rings. The van der Waals surface area contributed by atoms with Crippen molar-refractivity contribution < 1.29 is 0 Å². The van der Waals surface area contributed by atoms with Crippen molar-refractivity contribution in [2.45, 2.75) is 32.1 Å². The summed E-state index contributed by atoms with van der Waals surface area (Å²) in [6.45, 7) is 0. The molecule has 2 N–H and O–H groups in total. The maximum Gasteiger partial charge on any atom is 0.0658 e. The molecule has 0 radical (unpaired) electrons. The summed E-state index contributed by atoms with van der Waals surface area (Å²) in [5, 5.41) is 0. The molecule has 0 spiro atoms. The van der Waals surface area contributed by atoms with E-state index in [0.29, 0.717) is 0 Å². The second-order valence-electron chi connectivity index (χ2n) is 3.29. The average Bonchev–Trinajstić information content (AvgIpc) is 2.16.